The number of carbonyl (C=O) groups excluding carboxylic acids is 1. The molecule has 3 aromatic rings. The van der Waals surface area contributed by atoms with E-state index in [0.717, 1.165) is 25.8 Å². The summed E-state index contributed by atoms with van der Waals surface area (Å²) < 4.78 is 26.7. The Hall–Kier alpha value is -2.95. The lowest BCUT2D eigenvalue weighted by Crippen LogP contribution is -2.42. The van der Waals surface area contributed by atoms with Crippen LogP contribution in [0.2, 0.25) is 0 Å². The largest absolute Gasteiger partial charge is 0.390 e. The highest BCUT2D eigenvalue weighted by atomic mass is 32.2. The van der Waals surface area contributed by atoms with Gasteiger partial charge in [-0.2, -0.15) is 0 Å². The summed E-state index contributed by atoms with van der Waals surface area (Å²) >= 11 is 0. The molecule has 0 bridgehead atoms. The Morgan fingerprint density at radius 1 is 1.19 bits per heavy atom. The molecule has 1 aromatic carbocycles. The molecular weight excluding hydrogens is 418 g/mol. The van der Waals surface area contributed by atoms with Gasteiger partial charge in [-0.05, 0) is 29.7 Å². The number of fused-ring (bicyclic) bond motifs is 2. The molecule has 1 aliphatic heterocycles. The van der Waals surface area contributed by atoms with Crippen LogP contribution in [0, 0.1) is 0 Å². The molecule has 31 heavy (non-hydrogen) atoms. The highest BCUT2D eigenvalue weighted by Crippen LogP contribution is 2.18. The van der Waals surface area contributed by atoms with E-state index in [1.54, 1.807) is 22.7 Å². The monoisotopic (exact) mass is 443 g/mol. The number of aliphatic hydroxyl groups is 1. The average Bonchev–Trinajstić information content (AvgIpc) is 3.14. The number of amides is 1. The molecule has 0 spiro atoms. The van der Waals surface area contributed by atoms with Crippen molar-refractivity contribution in [3.05, 3.63) is 65.6 Å². The number of imidazole rings is 1. The summed E-state index contributed by atoms with van der Waals surface area (Å²) in [5.74, 6) is -0.399. The SMILES string of the molecule is CS(=O)(=O)Nc1ccc2nc(C(=O)NC[C@H](O)CN3CCc4ccccc4C3)cn2c1. The smallest absolute Gasteiger partial charge is 0.271 e. The molecule has 1 aliphatic rings. The van der Waals surface area contributed by atoms with Crippen LogP contribution in [-0.2, 0) is 23.0 Å². The van der Waals surface area contributed by atoms with Gasteiger partial charge in [-0.25, -0.2) is 13.4 Å². The molecule has 1 amide bonds. The zero-order valence-electron chi connectivity index (χ0n) is 17.2. The minimum atomic E-state index is -3.40. The number of aliphatic hydroxyl groups excluding tert-OH is 1. The van der Waals surface area contributed by atoms with E-state index in [4.69, 9.17) is 0 Å². The molecule has 0 saturated carbocycles. The van der Waals surface area contributed by atoms with E-state index in [9.17, 15) is 18.3 Å². The predicted molar refractivity (Wildman–Crippen MR) is 117 cm³/mol. The lowest BCUT2D eigenvalue weighted by molar-refractivity contribution is 0.0838. The summed E-state index contributed by atoms with van der Waals surface area (Å²) in [6.45, 7) is 2.25. The first kappa shape index (κ1) is 21.3. The van der Waals surface area contributed by atoms with Crippen LogP contribution in [0.4, 0.5) is 5.69 Å². The van der Waals surface area contributed by atoms with Crippen molar-refractivity contribution >= 4 is 27.3 Å². The zero-order valence-corrected chi connectivity index (χ0v) is 18.0. The van der Waals surface area contributed by atoms with Crippen LogP contribution in [0.5, 0.6) is 0 Å². The van der Waals surface area contributed by atoms with Gasteiger partial charge < -0.3 is 14.8 Å². The normalized spacial score (nSPS) is 15.4. The number of sulfonamides is 1. The number of rotatable bonds is 7. The van der Waals surface area contributed by atoms with Crippen molar-refractivity contribution in [3.63, 3.8) is 0 Å². The third kappa shape index (κ3) is 5.40. The van der Waals surface area contributed by atoms with Gasteiger partial charge in [-0.1, -0.05) is 24.3 Å². The van der Waals surface area contributed by atoms with Gasteiger partial charge in [0.1, 0.15) is 11.3 Å². The van der Waals surface area contributed by atoms with Gasteiger partial charge >= 0.3 is 0 Å². The van der Waals surface area contributed by atoms with Gasteiger partial charge in [0.05, 0.1) is 18.0 Å². The number of β-amino-alcohol motifs (C(OH)–C–C–N with tert-alkyl or cyclic N) is 1. The van der Waals surface area contributed by atoms with Crippen LogP contribution in [0.25, 0.3) is 5.65 Å². The lowest BCUT2D eigenvalue weighted by atomic mass is 10.00. The summed E-state index contributed by atoms with van der Waals surface area (Å²) in [7, 11) is -3.40. The van der Waals surface area contributed by atoms with Crippen LogP contribution in [0.15, 0.2) is 48.8 Å². The van der Waals surface area contributed by atoms with E-state index in [1.165, 1.54) is 17.3 Å². The minimum Gasteiger partial charge on any atom is -0.390 e. The summed E-state index contributed by atoms with van der Waals surface area (Å²) in [4.78, 5) is 18.9. The summed E-state index contributed by atoms with van der Waals surface area (Å²) in [6, 6.07) is 11.5. The van der Waals surface area contributed by atoms with E-state index in [2.05, 4.69) is 32.1 Å². The summed E-state index contributed by atoms with van der Waals surface area (Å²) in [5.41, 5.74) is 3.70. The fourth-order valence-corrected chi connectivity index (χ4v) is 4.30. The molecule has 9 nitrogen and oxygen atoms in total. The Bertz CT molecular complexity index is 1210. The Kier molecular flexibility index (Phi) is 5.94. The standard InChI is InChI=1S/C21H25N5O4S/c1-31(29,30)24-17-6-7-20-23-19(14-26(20)12-17)21(28)22-10-18(27)13-25-9-8-15-4-2-3-5-16(15)11-25/h2-7,12,14,18,24,27H,8-11,13H2,1H3,(H,22,28)/t18-/m0/s1. The van der Waals surface area contributed by atoms with Gasteiger partial charge in [0.2, 0.25) is 10.0 Å². The number of hydrogen-bond acceptors (Lipinski definition) is 6. The van der Waals surface area contributed by atoms with Crippen molar-refractivity contribution < 1.29 is 18.3 Å². The molecular formula is C21H25N5O4S. The fourth-order valence-electron chi connectivity index (χ4n) is 3.75. The van der Waals surface area contributed by atoms with E-state index in [0.29, 0.717) is 17.9 Å². The van der Waals surface area contributed by atoms with Gasteiger partial charge in [0, 0.05) is 38.6 Å². The zero-order chi connectivity index (χ0) is 22.0. The molecule has 1 atom stereocenters. The third-order valence-electron chi connectivity index (χ3n) is 5.16. The number of pyridine rings is 1. The maximum Gasteiger partial charge on any atom is 0.271 e. The van der Waals surface area contributed by atoms with Crippen molar-refractivity contribution in [1.29, 1.82) is 0 Å². The van der Waals surface area contributed by atoms with Crippen LogP contribution < -0.4 is 10.0 Å². The Balaban J connectivity index is 1.32. The first-order valence-electron chi connectivity index (χ1n) is 9.99. The van der Waals surface area contributed by atoms with Crippen LogP contribution in [-0.4, -0.2) is 65.7 Å². The average molecular weight is 444 g/mol. The second-order valence-corrected chi connectivity index (χ2v) is 9.55. The Labute approximate surface area is 180 Å². The van der Waals surface area contributed by atoms with E-state index in [1.807, 2.05) is 12.1 Å². The number of carbonyl (C=O) groups is 1. The maximum atomic E-state index is 12.5. The molecule has 0 unspecified atom stereocenters. The van der Waals surface area contributed by atoms with E-state index in [-0.39, 0.29) is 12.2 Å². The lowest BCUT2D eigenvalue weighted by Gasteiger charge is -2.30. The van der Waals surface area contributed by atoms with E-state index < -0.39 is 22.0 Å². The first-order valence-corrected chi connectivity index (χ1v) is 11.9. The molecule has 0 aliphatic carbocycles. The Morgan fingerprint density at radius 2 is 1.97 bits per heavy atom. The highest BCUT2D eigenvalue weighted by Gasteiger charge is 2.19. The molecule has 0 fully saturated rings. The molecule has 0 radical (unpaired) electrons. The van der Waals surface area contributed by atoms with Gasteiger partial charge in [-0.15, -0.1) is 0 Å². The van der Waals surface area contributed by atoms with Gasteiger partial charge in [0.25, 0.3) is 5.91 Å². The second kappa shape index (κ2) is 8.66. The van der Waals surface area contributed by atoms with Crippen molar-refractivity contribution in [3.8, 4) is 0 Å². The van der Waals surface area contributed by atoms with Crippen LogP contribution in [0.3, 0.4) is 0 Å². The second-order valence-electron chi connectivity index (χ2n) is 7.80. The van der Waals surface area contributed by atoms with Crippen molar-refractivity contribution in [2.45, 2.75) is 19.1 Å². The molecule has 3 heterocycles. The molecule has 3 N–H and O–H groups in total. The molecule has 0 saturated heterocycles. The molecule has 4 rings (SSSR count). The van der Waals surface area contributed by atoms with Gasteiger partial charge in [0.15, 0.2) is 0 Å². The molecule has 10 heteroatoms. The number of anilines is 1. The van der Waals surface area contributed by atoms with Crippen molar-refractivity contribution in [2.24, 2.45) is 0 Å². The Morgan fingerprint density at radius 3 is 2.74 bits per heavy atom. The molecule has 2 aromatic heterocycles. The summed E-state index contributed by atoms with van der Waals surface area (Å²) in [5, 5.41) is 13.1. The number of hydrogen-bond donors (Lipinski definition) is 3. The summed E-state index contributed by atoms with van der Waals surface area (Å²) in [6.07, 6.45) is 4.39. The number of aromatic nitrogens is 2. The van der Waals surface area contributed by atoms with Crippen molar-refractivity contribution in [2.75, 3.05) is 30.6 Å². The first-order chi connectivity index (χ1) is 14.8. The van der Waals surface area contributed by atoms with E-state index >= 15 is 0 Å². The fraction of sp³-hybridized carbons (Fsp3) is 0.333. The van der Waals surface area contributed by atoms with Crippen molar-refractivity contribution in [1.82, 2.24) is 19.6 Å². The van der Waals surface area contributed by atoms with Crippen LogP contribution >= 0.6 is 0 Å². The molecule has 164 valence electrons. The topological polar surface area (TPSA) is 116 Å². The van der Waals surface area contributed by atoms with Crippen LogP contribution in [0.1, 0.15) is 21.6 Å². The van der Waals surface area contributed by atoms with Gasteiger partial charge in [-0.3, -0.25) is 14.4 Å². The maximum absolute atomic E-state index is 12.5. The quantitative estimate of drug-likeness (QED) is 0.499. The number of nitrogens with one attached hydrogen (secondary N) is 2. The third-order valence-corrected chi connectivity index (χ3v) is 5.77. The minimum absolute atomic E-state index is 0.117. The number of benzene rings is 1. The highest BCUT2D eigenvalue weighted by molar-refractivity contribution is 7.92. The number of nitrogens with zero attached hydrogens (tertiary/aromatic N) is 3. The predicted octanol–water partition coefficient (Wildman–Crippen LogP) is 0.855.